The van der Waals surface area contributed by atoms with Crippen LogP contribution in [0.15, 0.2) is 54.6 Å². The molecule has 8 heteroatoms. The van der Waals surface area contributed by atoms with Crippen molar-refractivity contribution in [3.05, 3.63) is 77.1 Å². The molecule has 154 valence electrons. The maximum absolute atomic E-state index is 12.6. The van der Waals surface area contributed by atoms with Crippen molar-refractivity contribution in [1.29, 1.82) is 0 Å². The van der Waals surface area contributed by atoms with Crippen LogP contribution in [-0.2, 0) is 11.2 Å². The van der Waals surface area contributed by atoms with Gasteiger partial charge in [-0.15, -0.1) is 0 Å². The average Bonchev–Trinajstić information content (AvgIpc) is 2.68. The largest absolute Gasteiger partial charge is 0.508 e. The molecule has 3 rings (SSSR count). The Bertz CT molecular complexity index is 1050. The number of rotatable bonds is 7. The van der Waals surface area contributed by atoms with Crippen LogP contribution >= 0.6 is 0 Å². The van der Waals surface area contributed by atoms with Gasteiger partial charge in [-0.05, 0) is 55.8 Å². The molecule has 3 aromatic rings. The van der Waals surface area contributed by atoms with E-state index in [-0.39, 0.29) is 12.2 Å². The summed E-state index contributed by atoms with van der Waals surface area (Å²) in [5, 5.41) is 24.5. The van der Waals surface area contributed by atoms with E-state index < -0.39 is 17.9 Å². The van der Waals surface area contributed by atoms with Crippen LogP contribution in [0.25, 0.3) is 0 Å². The summed E-state index contributed by atoms with van der Waals surface area (Å²) in [7, 11) is 0. The lowest BCUT2D eigenvalue weighted by Gasteiger charge is -2.15. The number of hydrogen-bond donors (Lipinski definition) is 4. The second kappa shape index (κ2) is 9.04. The van der Waals surface area contributed by atoms with Crippen molar-refractivity contribution in [3.63, 3.8) is 0 Å². The highest BCUT2D eigenvalue weighted by molar-refractivity contribution is 5.97. The molecule has 1 atom stereocenters. The maximum Gasteiger partial charge on any atom is 0.326 e. The molecule has 0 saturated carbocycles. The number of nitrogens with one attached hydrogen (secondary N) is 2. The number of nitrogens with zero attached hydrogens (tertiary/aromatic N) is 2. The fourth-order valence-electron chi connectivity index (χ4n) is 2.96. The molecule has 30 heavy (non-hydrogen) atoms. The predicted molar refractivity (Wildman–Crippen MR) is 112 cm³/mol. The van der Waals surface area contributed by atoms with Gasteiger partial charge in [-0.3, -0.25) is 4.79 Å². The number of benzene rings is 2. The lowest BCUT2D eigenvalue weighted by molar-refractivity contribution is -0.139. The number of aromatic hydroxyl groups is 1. The minimum atomic E-state index is -1.14. The first-order valence-corrected chi connectivity index (χ1v) is 9.31. The Morgan fingerprint density at radius 2 is 1.67 bits per heavy atom. The zero-order valence-corrected chi connectivity index (χ0v) is 16.6. The summed E-state index contributed by atoms with van der Waals surface area (Å²) >= 11 is 0. The summed E-state index contributed by atoms with van der Waals surface area (Å²) in [5.74, 6) is -1.15. The number of carboxylic acid groups (broad SMARTS) is 1. The highest BCUT2D eigenvalue weighted by atomic mass is 16.4. The Hall–Kier alpha value is -3.94. The van der Waals surface area contributed by atoms with E-state index in [0.717, 1.165) is 11.4 Å². The Balaban J connectivity index is 1.72. The molecule has 1 aromatic heterocycles. The summed E-state index contributed by atoms with van der Waals surface area (Å²) in [6.45, 7) is 3.73. The van der Waals surface area contributed by atoms with Crippen molar-refractivity contribution in [3.8, 4) is 5.75 Å². The number of aromatic nitrogens is 2. The Morgan fingerprint density at radius 3 is 2.30 bits per heavy atom. The monoisotopic (exact) mass is 406 g/mol. The Kier molecular flexibility index (Phi) is 6.26. The predicted octanol–water partition coefficient (Wildman–Crippen LogP) is 2.97. The van der Waals surface area contributed by atoms with Gasteiger partial charge in [0, 0.05) is 29.1 Å². The normalized spacial score (nSPS) is 11.5. The van der Waals surface area contributed by atoms with Crippen LogP contribution in [0.1, 0.15) is 27.3 Å². The number of carbonyl (C=O) groups is 2. The van der Waals surface area contributed by atoms with Crippen LogP contribution in [0, 0.1) is 13.8 Å². The quantitative estimate of drug-likeness (QED) is 0.475. The number of anilines is 2. The van der Waals surface area contributed by atoms with Gasteiger partial charge in [-0.25, -0.2) is 14.8 Å². The number of phenolic OH excluding ortho intramolecular Hbond substituents is 1. The Labute approximate surface area is 173 Å². The molecule has 0 fully saturated rings. The van der Waals surface area contributed by atoms with Crippen LogP contribution in [0.2, 0.25) is 0 Å². The molecular weight excluding hydrogens is 384 g/mol. The lowest BCUT2D eigenvalue weighted by Crippen LogP contribution is -2.42. The highest BCUT2D eigenvalue weighted by Crippen LogP contribution is 2.16. The third-order valence-corrected chi connectivity index (χ3v) is 4.34. The summed E-state index contributed by atoms with van der Waals surface area (Å²) in [6.07, 6.45) is 0.0930. The van der Waals surface area contributed by atoms with Gasteiger partial charge in [0.2, 0.25) is 5.95 Å². The van der Waals surface area contributed by atoms with E-state index in [1.165, 1.54) is 12.1 Å². The van der Waals surface area contributed by atoms with Crippen molar-refractivity contribution in [1.82, 2.24) is 15.3 Å². The van der Waals surface area contributed by atoms with E-state index in [1.54, 1.807) is 36.4 Å². The summed E-state index contributed by atoms with van der Waals surface area (Å²) in [4.78, 5) is 32.9. The van der Waals surface area contributed by atoms with Gasteiger partial charge >= 0.3 is 5.97 Å². The zero-order chi connectivity index (χ0) is 21.7. The highest BCUT2D eigenvalue weighted by Gasteiger charge is 2.21. The fourth-order valence-corrected chi connectivity index (χ4v) is 2.96. The van der Waals surface area contributed by atoms with Gasteiger partial charge < -0.3 is 20.8 Å². The number of carbonyl (C=O) groups excluding carboxylic acids is 1. The molecule has 1 heterocycles. The van der Waals surface area contributed by atoms with Crippen molar-refractivity contribution in [2.45, 2.75) is 26.3 Å². The van der Waals surface area contributed by atoms with Crippen molar-refractivity contribution >= 4 is 23.5 Å². The number of carboxylic acids is 1. The van der Waals surface area contributed by atoms with Gasteiger partial charge in [0.1, 0.15) is 11.8 Å². The molecule has 0 aliphatic carbocycles. The minimum Gasteiger partial charge on any atom is -0.508 e. The van der Waals surface area contributed by atoms with Crippen LogP contribution in [0.5, 0.6) is 5.75 Å². The van der Waals surface area contributed by atoms with E-state index in [1.807, 2.05) is 19.9 Å². The molecular formula is C22H22N4O4. The van der Waals surface area contributed by atoms with Crippen LogP contribution in [-0.4, -0.2) is 38.1 Å². The second-order valence-corrected chi connectivity index (χ2v) is 6.91. The Morgan fingerprint density at radius 1 is 1.00 bits per heavy atom. The van der Waals surface area contributed by atoms with E-state index in [2.05, 4.69) is 20.6 Å². The van der Waals surface area contributed by atoms with Gasteiger partial charge in [0.15, 0.2) is 0 Å². The fraction of sp³-hybridized carbons (Fsp3) is 0.182. The molecule has 0 saturated heterocycles. The lowest BCUT2D eigenvalue weighted by atomic mass is 10.1. The topological polar surface area (TPSA) is 124 Å². The average molecular weight is 406 g/mol. The molecule has 0 aliphatic rings. The summed E-state index contributed by atoms with van der Waals surface area (Å²) < 4.78 is 0. The molecule has 0 spiro atoms. The van der Waals surface area contributed by atoms with Crippen LogP contribution in [0.3, 0.4) is 0 Å². The molecule has 4 N–H and O–H groups in total. The van der Waals surface area contributed by atoms with E-state index in [9.17, 15) is 19.8 Å². The first-order valence-electron chi connectivity index (χ1n) is 9.31. The van der Waals surface area contributed by atoms with Crippen LogP contribution < -0.4 is 10.6 Å². The molecule has 8 nitrogen and oxygen atoms in total. The van der Waals surface area contributed by atoms with Gasteiger partial charge in [0.05, 0.1) is 0 Å². The third-order valence-electron chi connectivity index (χ3n) is 4.34. The summed E-state index contributed by atoms with van der Waals surface area (Å²) in [6, 6.07) is 13.6. The SMILES string of the molecule is Cc1cc(C)nc(Nc2cccc(C(=O)NC(Cc3ccc(O)cc3)C(=O)O)c2)n1. The first kappa shape index (κ1) is 20.8. The van der Waals surface area contributed by atoms with Crippen molar-refractivity contribution < 1.29 is 19.8 Å². The summed E-state index contributed by atoms with van der Waals surface area (Å²) in [5.41, 5.74) is 3.23. The van der Waals surface area contributed by atoms with Crippen LogP contribution in [0.4, 0.5) is 11.6 Å². The van der Waals surface area contributed by atoms with Gasteiger partial charge in [-0.1, -0.05) is 18.2 Å². The van der Waals surface area contributed by atoms with Gasteiger partial charge in [-0.2, -0.15) is 0 Å². The number of hydrogen-bond acceptors (Lipinski definition) is 6. The number of amides is 1. The molecule has 0 radical (unpaired) electrons. The standard InChI is InChI=1S/C22H22N4O4/c1-13-10-14(2)24-22(23-13)25-17-5-3-4-16(12-17)20(28)26-19(21(29)30)11-15-6-8-18(27)9-7-15/h3-10,12,19,27H,11H2,1-2H3,(H,26,28)(H,29,30)(H,23,24,25). The number of aliphatic carboxylic acids is 1. The molecule has 1 amide bonds. The van der Waals surface area contributed by atoms with Crippen molar-refractivity contribution in [2.24, 2.45) is 0 Å². The minimum absolute atomic E-state index is 0.0896. The van der Waals surface area contributed by atoms with Crippen molar-refractivity contribution in [2.75, 3.05) is 5.32 Å². The molecule has 2 aromatic carbocycles. The third kappa shape index (κ3) is 5.54. The molecule has 0 bridgehead atoms. The smallest absolute Gasteiger partial charge is 0.326 e. The molecule has 0 aliphatic heterocycles. The molecule has 1 unspecified atom stereocenters. The van der Waals surface area contributed by atoms with E-state index in [0.29, 0.717) is 22.8 Å². The van der Waals surface area contributed by atoms with Gasteiger partial charge in [0.25, 0.3) is 5.91 Å². The number of phenols is 1. The second-order valence-electron chi connectivity index (χ2n) is 6.91. The zero-order valence-electron chi connectivity index (χ0n) is 16.6. The maximum atomic E-state index is 12.6. The van der Waals surface area contributed by atoms with E-state index >= 15 is 0 Å². The van der Waals surface area contributed by atoms with E-state index in [4.69, 9.17) is 0 Å². The first-order chi connectivity index (χ1) is 14.3. The number of aryl methyl sites for hydroxylation is 2.